The van der Waals surface area contributed by atoms with Gasteiger partial charge in [0.05, 0.1) is 5.41 Å². The number of rotatable bonds is 1. The molecule has 0 aromatic carbocycles. The molecule has 3 heteroatoms. The van der Waals surface area contributed by atoms with Crippen LogP contribution in [0.25, 0.3) is 0 Å². The van der Waals surface area contributed by atoms with Crippen molar-refractivity contribution in [2.24, 2.45) is 11.1 Å². The molecule has 2 N–H and O–H groups in total. The zero-order valence-corrected chi connectivity index (χ0v) is 8.35. The van der Waals surface area contributed by atoms with E-state index in [9.17, 15) is 4.79 Å². The second-order valence-electron chi connectivity index (χ2n) is 4.43. The lowest BCUT2D eigenvalue weighted by molar-refractivity contribution is -0.130. The van der Waals surface area contributed by atoms with E-state index in [4.69, 9.17) is 5.73 Å². The molecule has 1 aliphatic heterocycles. The number of likely N-dealkylation sites (tertiary alicyclic amines) is 1. The maximum atomic E-state index is 11.3. The van der Waals surface area contributed by atoms with Gasteiger partial charge in [-0.2, -0.15) is 0 Å². The Hall–Kier alpha value is -0.570. The van der Waals surface area contributed by atoms with Crippen LogP contribution in [0.1, 0.15) is 27.2 Å². The zero-order valence-electron chi connectivity index (χ0n) is 8.35. The number of primary amides is 1. The van der Waals surface area contributed by atoms with Crippen LogP contribution in [0.15, 0.2) is 0 Å². The third-order valence-electron chi connectivity index (χ3n) is 3.80. The van der Waals surface area contributed by atoms with Crippen molar-refractivity contribution >= 4 is 5.91 Å². The van der Waals surface area contributed by atoms with Crippen molar-refractivity contribution in [3.63, 3.8) is 0 Å². The van der Waals surface area contributed by atoms with Crippen LogP contribution < -0.4 is 5.73 Å². The first-order valence-corrected chi connectivity index (χ1v) is 4.33. The minimum absolute atomic E-state index is 0.112. The quantitative estimate of drug-likeness (QED) is 0.626. The summed E-state index contributed by atoms with van der Waals surface area (Å²) >= 11 is 0. The van der Waals surface area contributed by atoms with Crippen LogP contribution in [0.5, 0.6) is 0 Å². The van der Waals surface area contributed by atoms with Crippen LogP contribution in [-0.4, -0.2) is 29.9 Å². The maximum Gasteiger partial charge on any atom is 0.225 e. The fraction of sp³-hybridized carbons (Fsp3) is 0.889. The Kier molecular flexibility index (Phi) is 1.95. The first-order valence-electron chi connectivity index (χ1n) is 4.33. The van der Waals surface area contributed by atoms with Crippen LogP contribution in [0, 0.1) is 5.41 Å². The van der Waals surface area contributed by atoms with Gasteiger partial charge in [0.25, 0.3) is 0 Å². The molecule has 12 heavy (non-hydrogen) atoms. The molecule has 1 unspecified atom stereocenters. The van der Waals surface area contributed by atoms with E-state index >= 15 is 0 Å². The highest BCUT2D eigenvalue weighted by molar-refractivity contribution is 5.82. The average molecular weight is 170 g/mol. The predicted octanol–water partition coefficient (Wildman–Crippen LogP) is 0.592. The lowest BCUT2D eigenvalue weighted by atomic mass is 9.73. The van der Waals surface area contributed by atoms with Gasteiger partial charge < -0.3 is 10.6 Å². The molecule has 0 spiro atoms. The van der Waals surface area contributed by atoms with Crippen molar-refractivity contribution in [2.75, 3.05) is 13.6 Å². The fourth-order valence-corrected chi connectivity index (χ4v) is 1.82. The van der Waals surface area contributed by atoms with Gasteiger partial charge in [-0.25, -0.2) is 0 Å². The van der Waals surface area contributed by atoms with Gasteiger partial charge in [0.1, 0.15) is 0 Å². The normalized spacial score (nSPS) is 35.3. The van der Waals surface area contributed by atoms with Crippen molar-refractivity contribution in [1.29, 1.82) is 0 Å². The van der Waals surface area contributed by atoms with Gasteiger partial charge in [0, 0.05) is 5.54 Å². The largest absolute Gasteiger partial charge is 0.369 e. The van der Waals surface area contributed by atoms with E-state index in [-0.39, 0.29) is 16.9 Å². The second-order valence-corrected chi connectivity index (χ2v) is 4.43. The summed E-state index contributed by atoms with van der Waals surface area (Å²) in [6, 6.07) is 0. The molecule has 0 aliphatic carbocycles. The summed E-state index contributed by atoms with van der Waals surface area (Å²) in [5.74, 6) is -0.183. The van der Waals surface area contributed by atoms with Crippen LogP contribution in [0.4, 0.5) is 0 Å². The Balaban J connectivity index is 3.01. The summed E-state index contributed by atoms with van der Waals surface area (Å²) in [7, 11) is 2.04. The molecule has 0 aromatic heterocycles. The third kappa shape index (κ3) is 0.959. The number of carbonyl (C=O) groups excluding carboxylic acids is 1. The van der Waals surface area contributed by atoms with E-state index in [2.05, 4.69) is 18.7 Å². The smallest absolute Gasteiger partial charge is 0.225 e. The molecule has 1 saturated heterocycles. The molecule has 0 radical (unpaired) electrons. The van der Waals surface area contributed by atoms with Crippen LogP contribution in [-0.2, 0) is 4.79 Å². The van der Waals surface area contributed by atoms with Crippen LogP contribution >= 0.6 is 0 Å². The van der Waals surface area contributed by atoms with Gasteiger partial charge >= 0.3 is 0 Å². The number of hydrogen-bond acceptors (Lipinski definition) is 2. The highest BCUT2D eigenvalue weighted by Gasteiger charge is 2.52. The summed E-state index contributed by atoms with van der Waals surface area (Å²) in [6.45, 7) is 7.06. The highest BCUT2D eigenvalue weighted by Crippen LogP contribution is 2.43. The number of carbonyl (C=O) groups is 1. The molecule has 0 bridgehead atoms. The van der Waals surface area contributed by atoms with Crippen LogP contribution in [0.3, 0.4) is 0 Å². The number of amides is 1. The number of nitrogens with zero attached hydrogens (tertiary/aromatic N) is 1. The molecule has 1 aliphatic rings. The van der Waals surface area contributed by atoms with Gasteiger partial charge in [0.15, 0.2) is 0 Å². The lowest BCUT2D eigenvalue weighted by Gasteiger charge is -2.39. The van der Waals surface area contributed by atoms with E-state index in [1.54, 1.807) is 0 Å². The molecule has 3 nitrogen and oxygen atoms in total. The first kappa shape index (κ1) is 9.52. The molecule has 0 saturated carbocycles. The Labute approximate surface area is 73.9 Å². The number of hydrogen-bond donors (Lipinski definition) is 1. The van der Waals surface area contributed by atoms with Gasteiger partial charge in [-0.3, -0.25) is 4.79 Å². The Morgan fingerprint density at radius 1 is 1.42 bits per heavy atom. The lowest BCUT2D eigenvalue weighted by Crippen LogP contribution is -2.52. The predicted molar refractivity (Wildman–Crippen MR) is 48.6 cm³/mol. The fourth-order valence-electron chi connectivity index (χ4n) is 1.82. The molecule has 1 fully saturated rings. The standard InChI is InChI=1S/C9H18N2O/c1-8(2)9(3,7(10)12)5-6-11(8)4/h5-6H2,1-4H3,(H2,10,12). The second kappa shape index (κ2) is 2.46. The SMILES string of the molecule is CN1CCC(C)(C(N)=O)C1(C)C. The minimum Gasteiger partial charge on any atom is -0.369 e. The van der Waals surface area contributed by atoms with Crippen molar-refractivity contribution in [3.05, 3.63) is 0 Å². The summed E-state index contributed by atoms with van der Waals surface area (Å²) < 4.78 is 0. The molecule has 70 valence electrons. The average Bonchev–Trinajstić information content (AvgIpc) is 2.15. The Morgan fingerprint density at radius 2 is 1.92 bits per heavy atom. The van der Waals surface area contributed by atoms with E-state index in [0.717, 1.165) is 13.0 Å². The summed E-state index contributed by atoms with van der Waals surface area (Å²) in [4.78, 5) is 13.5. The molecular weight excluding hydrogens is 152 g/mol. The number of nitrogens with two attached hydrogens (primary N) is 1. The van der Waals surface area contributed by atoms with Crippen molar-refractivity contribution in [2.45, 2.75) is 32.7 Å². The van der Waals surface area contributed by atoms with Crippen molar-refractivity contribution in [1.82, 2.24) is 4.90 Å². The summed E-state index contributed by atoms with van der Waals surface area (Å²) in [5.41, 5.74) is 4.92. The van der Waals surface area contributed by atoms with E-state index in [1.165, 1.54) is 0 Å². The van der Waals surface area contributed by atoms with Crippen molar-refractivity contribution in [3.8, 4) is 0 Å². The Bertz CT molecular complexity index is 213. The molecule has 1 rings (SSSR count). The van der Waals surface area contributed by atoms with Gasteiger partial charge in [-0.15, -0.1) is 0 Å². The zero-order chi connectivity index (χ0) is 9.57. The van der Waals surface area contributed by atoms with Crippen LogP contribution in [0.2, 0.25) is 0 Å². The maximum absolute atomic E-state index is 11.3. The summed E-state index contributed by atoms with van der Waals surface area (Å²) in [6.07, 6.45) is 0.867. The molecule has 0 aromatic rings. The molecule has 1 atom stereocenters. The van der Waals surface area contributed by atoms with Gasteiger partial charge in [-0.1, -0.05) is 0 Å². The summed E-state index contributed by atoms with van der Waals surface area (Å²) in [5, 5.41) is 0. The topological polar surface area (TPSA) is 46.3 Å². The Morgan fingerprint density at radius 3 is 2.08 bits per heavy atom. The van der Waals surface area contributed by atoms with E-state index < -0.39 is 0 Å². The monoisotopic (exact) mass is 170 g/mol. The first-order chi connectivity index (χ1) is 5.32. The van der Waals surface area contributed by atoms with Crippen molar-refractivity contribution < 1.29 is 4.79 Å². The molecule has 1 amide bonds. The van der Waals surface area contributed by atoms with E-state index in [1.807, 2.05) is 14.0 Å². The third-order valence-corrected chi connectivity index (χ3v) is 3.80. The minimum atomic E-state index is -0.373. The van der Waals surface area contributed by atoms with E-state index in [0.29, 0.717) is 0 Å². The highest BCUT2D eigenvalue weighted by atomic mass is 16.1. The van der Waals surface area contributed by atoms with Gasteiger partial charge in [-0.05, 0) is 40.8 Å². The molecule has 1 heterocycles. The molecular formula is C9H18N2O. The van der Waals surface area contributed by atoms with Gasteiger partial charge in [0.2, 0.25) is 5.91 Å².